The molecule has 0 aromatic rings. The van der Waals surface area contributed by atoms with Crippen molar-refractivity contribution < 1.29 is 0 Å². The van der Waals surface area contributed by atoms with E-state index in [1.54, 1.807) is 0 Å². The molecule has 0 rings (SSSR count). The van der Waals surface area contributed by atoms with Crippen LogP contribution in [0, 0.1) is 5.92 Å². The lowest BCUT2D eigenvalue weighted by Gasteiger charge is -2.05. The van der Waals surface area contributed by atoms with Crippen molar-refractivity contribution in [1.82, 2.24) is 0 Å². The van der Waals surface area contributed by atoms with Gasteiger partial charge < -0.3 is 0 Å². The SMILES string of the molecule is C=CC(C)CCC(C)=CCCC. The molecule has 0 heteroatoms. The van der Waals surface area contributed by atoms with Gasteiger partial charge >= 0.3 is 0 Å². The molecule has 0 radical (unpaired) electrons. The molecule has 1 atom stereocenters. The van der Waals surface area contributed by atoms with Crippen molar-refractivity contribution in [2.24, 2.45) is 5.92 Å². The van der Waals surface area contributed by atoms with Crippen LogP contribution in [0.3, 0.4) is 0 Å². The van der Waals surface area contributed by atoms with Crippen LogP contribution in [-0.2, 0) is 0 Å². The molecule has 0 aliphatic heterocycles. The third-order valence-corrected chi connectivity index (χ3v) is 2.18. The van der Waals surface area contributed by atoms with E-state index in [1.807, 2.05) is 6.08 Å². The molecule has 0 aliphatic carbocycles. The van der Waals surface area contributed by atoms with Crippen LogP contribution in [0.1, 0.15) is 46.5 Å². The van der Waals surface area contributed by atoms with Gasteiger partial charge in [-0.2, -0.15) is 0 Å². The number of rotatable bonds is 6. The van der Waals surface area contributed by atoms with Crippen molar-refractivity contribution in [1.29, 1.82) is 0 Å². The fourth-order valence-corrected chi connectivity index (χ4v) is 1.07. The molecule has 0 aliphatic rings. The summed E-state index contributed by atoms with van der Waals surface area (Å²) in [5.41, 5.74) is 1.53. The molecule has 0 aromatic carbocycles. The van der Waals surface area contributed by atoms with E-state index in [2.05, 4.69) is 33.4 Å². The van der Waals surface area contributed by atoms with Gasteiger partial charge in [0.1, 0.15) is 0 Å². The van der Waals surface area contributed by atoms with E-state index in [4.69, 9.17) is 0 Å². The first kappa shape index (κ1) is 11.5. The van der Waals surface area contributed by atoms with Crippen LogP contribution in [0.4, 0.5) is 0 Å². The minimum absolute atomic E-state index is 0.662. The first-order chi connectivity index (χ1) is 5.70. The number of hydrogen-bond acceptors (Lipinski definition) is 0. The summed E-state index contributed by atoms with van der Waals surface area (Å²) in [6, 6.07) is 0. The molecular formula is C12H22. The van der Waals surface area contributed by atoms with Crippen LogP contribution in [0.25, 0.3) is 0 Å². The molecule has 0 spiro atoms. The van der Waals surface area contributed by atoms with Crippen LogP contribution >= 0.6 is 0 Å². The minimum atomic E-state index is 0.662. The van der Waals surface area contributed by atoms with Crippen LogP contribution < -0.4 is 0 Å². The van der Waals surface area contributed by atoms with E-state index in [1.165, 1.54) is 31.3 Å². The van der Waals surface area contributed by atoms with Gasteiger partial charge in [0.25, 0.3) is 0 Å². The highest BCUT2D eigenvalue weighted by molar-refractivity contribution is 4.98. The summed E-state index contributed by atoms with van der Waals surface area (Å²) < 4.78 is 0. The summed E-state index contributed by atoms with van der Waals surface area (Å²) in [5.74, 6) is 0.662. The molecule has 0 heterocycles. The predicted molar refractivity (Wildman–Crippen MR) is 57.3 cm³/mol. The van der Waals surface area contributed by atoms with E-state index in [0.717, 1.165) is 0 Å². The Bertz CT molecular complexity index is 142. The average molecular weight is 166 g/mol. The van der Waals surface area contributed by atoms with Crippen molar-refractivity contribution in [2.75, 3.05) is 0 Å². The van der Waals surface area contributed by atoms with Gasteiger partial charge in [-0.05, 0) is 32.1 Å². The Kier molecular flexibility index (Phi) is 6.84. The molecular weight excluding hydrogens is 144 g/mol. The summed E-state index contributed by atoms with van der Waals surface area (Å²) in [6.07, 6.45) is 9.36. The smallest absolute Gasteiger partial charge is 0.0262 e. The van der Waals surface area contributed by atoms with E-state index < -0.39 is 0 Å². The van der Waals surface area contributed by atoms with E-state index in [9.17, 15) is 0 Å². The van der Waals surface area contributed by atoms with Gasteiger partial charge in [0.05, 0.1) is 0 Å². The largest absolute Gasteiger partial charge is 0.103 e. The van der Waals surface area contributed by atoms with Gasteiger partial charge in [0, 0.05) is 0 Å². The molecule has 0 amide bonds. The molecule has 0 saturated carbocycles. The maximum atomic E-state index is 3.78. The monoisotopic (exact) mass is 166 g/mol. The summed E-state index contributed by atoms with van der Waals surface area (Å²) in [5, 5.41) is 0. The summed E-state index contributed by atoms with van der Waals surface area (Å²) in [6.45, 7) is 10.4. The molecule has 1 unspecified atom stereocenters. The third kappa shape index (κ3) is 6.21. The first-order valence-electron chi connectivity index (χ1n) is 4.98. The van der Waals surface area contributed by atoms with Crippen LogP contribution in [0.2, 0.25) is 0 Å². The molecule has 70 valence electrons. The van der Waals surface area contributed by atoms with Crippen LogP contribution in [0.15, 0.2) is 24.3 Å². The molecule has 0 N–H and O–H groups in total. The van der Waals surface area contributed by atoms with Crippen molar-refractivity contribution in [3.63, 3.8) is 0 Å². The summed E-state index contributed by atoms with van der Waals surface area (Å²) in [4.78, 5) is 0. The maximum absolute atomic E-state index is 3.78. The Morgan fingerprint density at radius 2 is 2.17 bits per heavy atom. The molecule has 0 saturated heterocycles. The first-order valence-corrected chi connectivity index (χ1v) is 4.98. The lowest BCUT2D eigenvalue weighted by molar-refractivity contribution is 0.644. The Balaban J connectivity index is 3.55. The van der Waals surface area contributed by atoms with Gasteiger partial charge in [-0.3, -0.25) is 0 Å². The van der Waals surface area contributed by atoms with Crippen molar-refractivity contribution in [3.05, 3.63) is 24.3 Å². The number of unbranched alkanes of at least 4 members (excludes halogenated alkanes) is 1. The quantitative estimate of drug-likeness (QED) is 0.515. The van der Waals surface area contributed by atoms with Crippen molar-refractivity contribution >= 4 is 0 Å². The average Bonchev–Trinajstić information content (AvgIpc) is 2.10. The van der Waals surface area contributed by atoms with E-state index >= 15 is 0 Å². The zero-order valence-corrected chi connectivity index (χ0v) is 8.77. The van der Waals surface area contributed by atoms with E-state index in [-0.39, 0.29) is 0 Å². The van der Waals surface area contributed by atoms with Gasteiger partial charge in [0.15, 0.2) is 0 Å². The zero-order valence-electron chi connectivity index (χ0n) is 8.77. The zero-order chi connectivity index (χ0) is 9.40. The van der Waals surface area contributed by atoms with Gasteiger partial charge in [-0.15, -0.1) is 6.58 Å². The highest BCUT2D eigenvalue weighted by atomic mass is 14.0. The molecule has 0 fully saturated rings. The van der Waals surface area contributed by atoms with Crippen molar-refractivity contribution in [3.8, 4) is 0 Å². The van der Waals surface area contributed by atoms with Gasteiger partial charge in [0.2, 0.25) is 0 Å². The van der Waals surface area contributed by atoms with Gasteiger partial charge in [-0.25, -0.2) is 0 Å². The highest BCUT2D eigenvalue weighted by Crippen LogP contribution is 2.12. The summed E-state index contributed by atoms with van der Waals surface area (Å²) in [7, 11) is 0. The topological polar surface area (TPSA) is 0 Å². The minimum Gasteiger partial charge on any atom is -0.103 e. The molecule has 0 bridgehead atoms. The maximum Gasteiger partial charge on any atom is -0.0262 e. The Morgan fingerprint density at radius 3 is 2.67 bits per heavy atom. The predicted octanol–water partition coefficient (Wildman–Crippen LogP) is 4.34. The Morgan fingerprint density at radius 1 is 1.50 bits per heavy atom. The lowest BCUT2D eigenvalue weighted by Crippen LogP contribution is -1.89. The Hall–Kier alpha value is -0.520. The van der Waals surface area contributed by atoms with E-state index in [0.29, 0.717) is 5.92 Å². The second-order valence-corrected chi connectivity index (χ2v) is 3.59. The molecule has 12 heavy (non-hydrogen) atoms. The lowest BCUT2D eigenvalue weighted by atomic mass is 10.0. The summed E-state index contributed by atoms with van der Waals surface area (Å²) >= 11 is 0. The van der Waals surface area contributed by atoms with Gasteiger partial charge in [-0.1, -0.05) is 38.0 Å². The second-order valence-electron chi connectivity index (χ2n) is 3.59. The van der Waals surface area contributed by atoms with Crippen molar-refractivity contribution in [2.45, 2.75) is 46.5 Å². The van der Waals surface area contributed by atoms with Crippen LogP contribution in [-0.4, -0.2) is 0 Å². The second kappa shape index (κ2) is 7.15. The third-order valence-electron chi connectivity index (χ3n) is 2.18. The standard InChI is InChI=1S/C12H22/c1-5-7-8-12(4)10-9-11(3)6-2/h6,8,11H,2,5,7,9-10H2,1,3-4H3. The fraction of sp³-hybridized carbons (Fsp3) is 0.667. The number of allylic oxidation sites excluding steroid dienone is 3. The molecule has 0 aromatic heterocycles. The van der Waals surface area contributed by atoms with Crippen LogP contribution in [0.5, 0.6) is 0 Å². The normalized spacial score (nSPS) is 14.4. The number of hydrogen-bond donors (Lipinski definition) is 0. The highest BCUT2D eigenvalue weighted by Gasteiger charge is 1.96. The Labute approximate surface area is 77.4 Å². The fourth-order valence-electron chi connectivity index (χ4n) is 1.07. The molecule has 0 nitrogen and oxygen atoms in total.